The Kier molecular flexibility index (Phi) is 4.46. The number of benzene rings is 1. The van der Waals surface area contributed by atoms with Crippen LogP contribution in [0.25, 0.3) is 0 Å². The van der Waals surface area contributed by atoms with Crippen LogP contribution in [0.1, 0.15) is 19.8 Å². The van der Waals surface area contributed by atoms with E-state index in [2.05, 4.69) is 29.3 Å². The molecule has 0 spiro atoms. The summed E-state index contributed by atoms with van der Waals surface area (Å²) in [5.41, 5.74) is 1.14. The van der Waals surface area contributed by atoms with Crippen molar-refractivity contribution >= 4 is 17.3 Å². The number of rotatable bonds is 2. The highest BCUT2D eigenvalue weighted by Crippen LogP contribution is 2.22. The van der Waals surface area contributed by atoms with Gasteiger partial charge in [0, 0.05) is 35.9 Å². The van der Waals surface area contributed by atoms with Gasteiger partial charge in [-0.1, -0.05) is 17.7 Å². The second-order valence-corrected chi connectivity index (χ2v) is 5.28. The fourth-order valence-corrected chi connectivity index (χ4v) is 2.57. The van der Waals surface area contributed by atoms with Gasteiger partial charge >= 0.3 is 0 Å². The van der Waals surface area contributed by atoms with Crippen molar-refractivity contribution in [1.29, 1.82) is 5.26 Å². The van der Waals surface area contributed by atoms with Crippen LogP contribution in [0.5, 0.6) is 0 Å². The van der Waals surface area contributed by atoms with Crippen LogP contribution < -0.4 is 10.2 Å². The van der Waals surface area contributed by atoms with E-state index in [1.165, 1.54) is 0 Å². The van der Waals surface area contributed by atoms with Crippen molar-refractivity contribution in [3.8, 4) is 6.07 Å². The topological polar surface area (TPSA) is 39.1 Å². The molecule has 0 amide bonds. The average Bonchev–Trinajstić information content (AvgIpc) is 2.52. The largest absolute Gasteiger partial charge is 0.370 e. The van der Waals surface area contributed by atoms with Crippen LogP contribution in [0.4, 0.5) is 5.69 Å². The fraction of sp³-hybridized carbons (Fsp3) is 0.500. The van der Waals surface area contributed by atoms with E-state index in [-0.39, 0.29) is 6.04 Å². The fourth-order valence-electron chi connectivity index (χ4n) is 2.39. The lowest BCUT2D eigenvalue weighted by Gasteiger charge is -2.25. The first-order valence-electron chi connectivity index (χ1n) is 6.32. The Bertz CT molecular complexity index is 441. The van der Waals surface area contributed by atoms with Gasteiger partial charge in [0.15, 0.2) is 0 Å². The minimum atomic E-state index is 0.228. The molecule has 3 nitrogen and oxygen atoms in total. The number of hydrogen-bond donors (Lipinski definition) is 1. The minimum Gasteiger partial charge on any atom is -0.370 e. The van der Waals surface area contributed by atoms with Crippen LogP contribution in [0.2, 0.25) is 5.02 Å². The molecule has 0 radical (unpaired) electrons. The van der Waals surface area contributed by atoms with Crippen LogP contribution in [0.3, 0.4) is 0 Å². The van der Waals surface area contributed by atoms with Crippen LogP contribution in [-0.4, -0.2) is 25.2 Å². The summed E-state index contributed by atoms with van der Waals surface area (Å²) in [5.74, 6) is 0. The molecule has 2 atom stereocenters. The van der Waals surface area contributed by atoms with E-state index in [0.29, 0.717) is 12.5 Å². The summed E-state index contributed by atoms with van der Waals surface area (Å²) in [6, 6.07) is 10.9. The number of hydrogen-bond acceptors (Lipinski definition) is 3. The molecule has 96 valence electrons. The van der Waals surface area contributed by atoms with E-state index >= 15 is 0 Å². The molecule has 4 heteroatoms. The van der Waals surface area contributed by atoms with Gasteiger partial charge in [-0.15, -0.1) is 0 Å². The van der Waals surface area contributed by atoms with Gasteiger partial charge in [-0.25, -0.2) is 0 Å². The zero-order valence-corrected chi connectivity index (χ0v) is 11.3. The van der Waals surface area contributed by atoms with Gasteiger partial charge in [0.05, 0.1) is 12.5 Å². The second-order valence-electron chi connectivity index (χ2n) is 4.84. The maximum atomic E-state index is 8.87. The lowest BCUT2D eigenvalue weighted by Crippen LogP contribution is -2.39. The molecule has 1 aromatic rings. The molecule has 1 fully saturated rings. The van der Waals surface area contributed by atoms with Crippen molar-refractivity contribution in [3.63, 3.8) is 0 Å². The molecular formula is C14H18ClN3. The molecule has 1 heterocycles. The van der Waals surface area contributed by atoms with Gasteiger partial charge in [0.1, 0.15) is 0 Å². The monoisotopic (exact) mass is 263 g/mol. The third-order valence-electron chi connectivity index (χ3n) is 3.30. The van der Waals surface area contributed by atoms with Crippen LogP contribution in [0, 0.1) is 11.3 Å². The highest BCUT2D eigenvalue weighted by molar-refractivity contribution is 6.30. The number of nitriles is 1. The van der Waals surface area contributed by atoms with Crippen molar-refractivity contribution in [1.82, 2.24) is 5.32 Å². The maximum Gasteiger partial charge on any atom is 0.0638 e. The highest BCUT2D eigenvalue weighted by Gasteiger charge is 2.21. The van der Waals surface area contributed by atoms with Crippen molar-refractivity contribution in [2.75, 3.05) is 18.0 Å². The summed E-state index contributed by atoms with van der Waals surface area (Å²) in [7, 11) is 0. The summed E-state index contributed by atoms with van der Waals surface area (Å²) in [6.45, 7) is 4.03. The molecular weight excluding hydrogens is 246 g/mol. The van der Waals surface area contributed by atoms with Crippen LogP contribution in [0.15, 0.2) is 24.3 Å². The first-order valence-corrected chi connectivity index (χ1v) is 6.70. The standard InChI is InChI=1S/C14H18ClN3/c1-11-6-8-18(10-13(17-11)5-7-16)14-4-2-3-12(15)9-14/h2-4,9,11,13,17H,5-6,8,10H2,1H3. The van der Waals surface area contributed by atoms with Crippen LogP contribution >= 0.6 is 11.6 Å². The maximum absolute atomic E-state index is 8.87. The average molecular weight is 264 g/mol. The Hall–Kier alpha value is -1.24. The summed E-state index contributed by atoms with van der Waals surface area (Å²) >= 11 is 6.04. The van der Waals surface area contributed by atoms with E-state index in [0.717, 1.165) is 30.2 Å². The Morgan fingerprint density at radius 2 is 2.39 bits per heavy atom. The first kappa shape index (κ1) is 13.2. The lowest BCUT2D eigenvalue weighted by atomic mass is 10.2. The van der Waals surface area contributed by atoms with E-state index in [4.69, 9.17) is 16.9 Å². The smallest absolute Gasteiger partial charge is 0.0638 e. The SMILES string of the molecule is CC1CCN(c2cccc(Cl)c2)CC(CC#N)N1. The number of nitrogens with one attached hydrogen (secondary N) is 1. The highest BCUT2D eigenvalue weighted by atomic mass is 35.5. The van der Waals surface area contributed by atoms with Gasteiger partial charge in [-0.3, -0.25) is 0 Å². The number of halogens is 1. The quantitative estimate of drug-likeness (QED) is 0.892. The molecule has 0 aliphatic carbocycles. The van der Waals surface area contributed by atoms with E-state index in [9.17, 15) is 0 Å². The molecule has 0 saturated carbocycles. The van der Waals surface area contributed by atoms with Crippen molar-refractivity contribution < 1.29 is 0 Å². The Morgan fingerprint density at radius 3 is 3.11 bits per heavy atom. The number of nitrogens with zero attached hydrogens (tertiary/aromatic N) is 2. The molecule has 2 rings (SSSR count). The summed E-state index contributed by atoms with van der Waals surface area (Å²) in [5, 5.41) is 13.1. The minimum absolute atomic E-state index is 0.228. The third kappa shape index (κ3) is 3.38. The Labute approximate surface area is 113 Å². The second kappa shape index (κ2) is 6.08. The molecule has 0 aromatic heterocycles. The normalized spacial score (nSPS) is 24.4. The predicted octanol–water partition coefficient (Wildman–Crippen LogP) is 2.81. The summed E-state index contributed by atoms with van der Waals surface area (Å²) < 4.78 is 0. The van der Waals surface area contributed by atoms with Crippen molar-refractivity contribution in [3.05, 3.63) is 29.3 Å². The molecule has 0 bridgehead atoms. The van der Waals surface area contributed by atoms with Gasteiger partial charge in [0.2, 0.25) is 0 Å². The molecule has 1 aromatic carbocycles. The zero-order valence-electron chi connectivity index (χ0n) is 10.6. The summed E-state index contributed by atoms with van der Waals surface area (Å²) in [4.78, 5) is 2.31. The molecule has 1 aliphatic heterocycles. The third-order valence-corrected chi connectivity index (χ3v) is 3.54. The molecule has 1 N–H and O–H groups in total. The first-order chi connectivity index (χ1) is 8.69. The lowest BCUT2D eigenvalue weighted by molar-refractivity contribution is 0.473. The van der Waals surface area contributed by atoms with Gasteiger partial charge in [-0.2, -0.15) is 5.26 Å². The van der Waals surface area contributed by atoms with E-state index in [1.807, 2.05) is 18.2 Å². The van der Waals surface area contributed by atoms with Gasteiger partial charge in [-0.05, 0) is 31.5 Å². The molecule has 1 saturated heterocycles. The van der Waals surface area contributed by atoms with Gasteiger partial charge in [0.25, 0.3) is 0 Å². The van der Waals surface area contributed by atoms with E-state index < -0.39 is 0 Å². The molecule has 18 heavy (non-hydrogen) atoms. The van der Waals surface area contributed by atoms with Crippen LogP contribution in [-0.2, 0) is 0 Å². The van der Waals surface area contributed by atoms with E-state index in [1.54, 1.807) is 0 Å². The Morgan fingerprint density at radius 1 is 1.56 bits per heavy atom. The van der Waals surface area contributed by atoms with Gasteiger partial charge < -0.3 is 10.2 Å². The van der Waals surface area contributed by atoms with Crippen molar-refractivity contribution in [2.45, 2.75) is 31.8 Å². The molecule has 2 unspecified atom stereocenters. The summed E-state index contributed by atoms with van der Waals surface area (Å²) in [6.07, 6.45) is 1.62. The predicted molar refractivity (Wildman–Crippen MR) is 74.9 cm³/mol. The number of anilines is 1. The Balaban J connectivity index is 2.14. The zero-order chi connectivity index (χ0) is 13.0. The molecule has 1 aliphatic rings. The van der Waals surface area contributed by atoms with Crippen molar-refractivity contribution in [2.24, 2.45) is 0 Å².